The fourth-order valence-corrected chi connectivity index (χ4v) is 3.27. The molecule has 1 N–H and O–H groups in total. The van der Waals surface area contributed by atoms with E-state index in [9.17, 15) is 14.9 Å². The van der Waals surface area contributed by atoms with Crippen molar-refractivity contribution in [2.45, 2.75) is 32.6 Å². The second-order valence-electron chi connectivity index (χ2n) is 6.40. The van der Waals surface area contributed by atoms with Gasteiger partial charge in [-0.25, -0.2) is 0 Å². The van der Waals surface area contributed by atoms with Crippen LogP contribution in [0.25, 0.3) is 6.08 Å². The number of hydrogen-bond donors (Lipinski definition) is 1. The average Bonchev–Trinajstić information content (AvgIpc) is 2.67. The summed E-state index contributed by atoms with van der Waals surface area (Å²) in [5, 5.41) is 12.2. The molecule has 0 spiro atoms. The Bertz CT molecular complexity index is 940. The third kappa shape index (κ3) is 4.42. The molecule has 0 fully saturated rings. The van der Waals surface area contributed by atoms with E-state index in [0.717, 1.165) is 42.4 Å². The number of nitrogens with zero attached hydrogens (tertiary/aromatic N) is 1. The van der Waals surface area contributed by atoms with Crippen molar-refractivity contribution in [3.8, 4) is 11.8 Å². The lowest BCUT2D eigenvalue weighted by molar-refractivity contribution is -0.132. The van der Waals surface area contributed by atoms with Crippen LogP contribution >= 0.6 is 0 Å². The molecule has 2 aromatic rings. The summed E-state index contributed by atoms with van der Waals surface area (Å²) in [6, 6.07) is 14.5. The number of anilines is 1. The van der Waals surface area contributed by atoms with Gasteiger partial charge in [-0.05, 0) is 66.6 Å². The molecule has 0 aliphatic heterocycles. The molecule has 0 saturated heterocycles. The minimum Gasteiger partial charge on any atom is -0.426 e. The maximum absolute atomic E-state index is 12.5. The predicted molar refractivity (Wildman–Crippen MR) is 103 cm³/mol. The van der Waals surface area contributed by atoms with Crippen molar-refractivity contribution >= 4 is 23.6 Å². The Kier molecular flexibility index (Phi) is 5.68. The van der Waals surface area contributed by atoms with E-state index in [0.29, 0.717) is 11.4 Å². The monoisotopic (exact) mass is 360 g/mol. The summed E-state index contributed by atoms with van der Waals surface area (Å²) in [5.74, 6) is -0.232. The van der Waals surface area contributed by atoms with Gasteiger partial charge in [-0.2, -0.15) is 5.26 Å². The number of carbonyl (C=O) groups excluding carboxylic acids is 2. The van der Waals surface area contributed by atoms with Gasteiger partial charge < -0.3 is 10.1 Å². The van der Waals surface area contributed by atoms with Gasteiger partial charge >= 0.3 is 5.97 Å². The molecule has 5 nitrogen and oxygen atoms in total. The van der Waals surface area contributed by atoms with Gasteiger partial charge in [-0.15, -0.1) is 0 Å². The van der Waals surface area contributed by atoms with Crippen LogP contribution < -0.4 is 10.1 Å². The van der Waals surface area contributed by atoms with Gasteiger partial charge in [0.25, 0.3) is 5.91 Å². The van der Waals surface area contributed by atoms with Crippen LogP contribution in [0.1, 0.15) is 36.5 Å². The summed E-state index contributed by atoms with van der Waals surface area (Å²) < 4.78 is 5.32. The lowest BCUT2D eigenvalue weighted by Gasteiger charge is -2.21. The van der Waals surface area contributed by atoms with Crippen molar-refractivity contribution in [3.63, 3.8) is 0 Å². The molecule has 1 amide bonds. The molecular formula is C22H20N2O3. The number of rotatable bonds is 4. The van der Waals surface area contributed by atoms with E-state index >= 15 is 0 Å². The lowest BCUT2D eigenvalue weighted by Crippen LogP contribution is -2.14. The number of fused-ring (bicyclic) bond motifs is 1. The van der Waals surface area contributed by atoms with Crippen LogP contribution in [0.5, 0.6) is 5.75 Å². The van der Waals surface area contributed by atoms with Gasteiger partial charge in [0.05, 0.1) is 0 Å². The normalized spacial score (nSPS) is 13.3. The van der Waals surface area contributed by atoms with Gasteiger partial charge in [0.2, 0.25) is 0 Å². The molecule has 0 saturated carbocycles. The third-order valence-corrected chi connectivity index (χ3v) is 4.48. The van der Waals surface area contributed by atoms with Gasteiger partial charge in [0, 0.05) is 12.6 Å². The number of amides is 1. The Morgan fingerprint density at radius 2 is 1.78 bits per heavy atom. The summed E-state index contributed by atoms with van der Waals surface area (Å²) in [6.45, 7) is 1.38. The second-order valence-corrected chi connectivity index (χ2v) is 6.40. The van der Waals surface area contributed by atoms with Crippen LogP contribution in [0, 0.1) is 11.3 Å². The molecule has 2 aromatic carbocycles. The summed E-state index contributed by atoms with van der Waals surface area (Å²) >= 11 is 0. The Morgan fingerprint density at radius 3 is 2.44 bits per heavy atom. The lowest BCUT2D eigenvalue weighted by atomic mass is 9.87. The highest BCUT2D eigenvalue weighted by molar-refractivity contribution is 6.09. The predicted octanol–water partition coefficient (Wildman–Crippen LogP) is 4.04. The highest BCUT2D eigenvalue weighted by Gasteiger charge is 2.19. The highest BCUT2D eigenvalue weighted by atomic mass is 16.5. The number of benzene rings is 2. The largest absolute Gasteiger partial charge is 0.426 e. The van der Waals surface area contributed by atoms with Crippen molar-refractivity contribution < 1.29 is 14.3 Å². The summed E-state index contributed by atoms with van der Waals surface area (Å²) in [5.41, 5.74) is 3.52. The minimum absolute atomic E-state index is 0.0341. The molecule has 0 aromatic heterocycles. The molecule has 0 radical (unpaired) electrons. The maximum Gasteiger partial charge on any atom is 0.308 e. The summed E-state index contributed by atoms with van der Waals surface area (Å²) in [4.78, 5) is 23.8. The van der Waals surface area contributed by atoms with E-state index in [1.807, 2.05) is 24.3 Å². The van der Waals surface area contributed by atoms with E-state index in [1.165, 1.54) is 6.92 Å². The van der Waals surface area contributed by atoms with E-state index in [1.54, 1.807) is 30.3 Å². The first-order valence-corrected chi connectivity index (χ1v) is 8.90. The molecule has 136 valence electrons. The zero-order valence-electron chi connectivity index (χ0n) is 15.1. The average molecular weight is 360 g/mol. The quantitative estimate of drug-likeness (QED) is 0.386. The SMILES string of the molecule is CC(=O)Oc1ccc(C=C(C#N)C(=O)Nc2ccccc2)c2c1CCCC2. The van der Waals surface area contributed by atoms with Gasteiger partial charge in [0.15, 0.2) is 0 Å². The number of ether oxygens (including phenoxy) is 1. The Hall–Kier alpha value is -3.39. The molecule has 0 heterocycles. The van der Waals surface area contributed by atoms with Gasteiger partial charge in [-0.1, -0.05) is 24.3 Å². The smallest absolute Gasteiger partial charge is 0.308 e. The Morgan fingerprint density at radius 1 is 1.07 bits per heavy atom. The Balaban J connectivity index is 1.93. The number of para-hydroxylation sites is 1. The van der Waals surface area contributed by atoms with E-state index in [4.69, 9.17) is 4.74 Å². The first-order chi connectivity index (χ1) is 13.1. The molecule has 0 atom stereocenters. The summed E-state index contributed by atoms with van der Waals surface area (Å²) in [7, 11) is 0. The van der Waals surface area contributed by atoms with Crippen LogP contribution in [0.2, 0.25) is 0 Å². The van der Waals surface area contributed by atoms with E-state index < -0.39 is 5.91 Å². The molecule has 0 bridgehead atoms. The zero-order valence-corrected chi connectivity index (χ0v) is 15.1. The summed E-state index contributed by atoms with van der Waals surface area (Å²) in [6.07, 6.45) is 5.30. The zero-order chi connectivity index (χ0) is 19.2. The number of carbonyl (C=O) groups is 2. The van der Waals surface area contributed by atoms with Crippen LogP contribution in [-0.2, 0) is 22.4 Å². The third-order valence-electron chi connectivity index (χ3n) is 4.48. The molecule has 1 aliphatic carbocycles. The van der Waals surface area contributed by atoms with Crippen LogP contribution in [-0.4, -0.2) is 11.9 Å². The van der Waals surface area contributed by atoms with Crippen molar-refractivity contribution in [2.75, 3.05) is 5.32 Å². The second kappa shape index (κ2) is 8.33. The number of nitrogens with one attached hydrogen (secondary N) is 1. The van der Waals surface area contributed by atoms with Crippen molar-refractivity contribution in [1.29, 1.82) is 5.26 Å². The first-order valence-electron chi connectivity index (χ1n) is 8.90. The van der Waals surface area contributed by atoms with Crippen molar-refractivity contribution in [3.05, 3.63) is 64.7 Å². The standard InChI is InChI=1S/C22H20N2O3/c1-15(25)27-21-12-11-16(19-9-5-6-10-20(19)21)13-17(14-23)22(26)24-18-7-3-2-4-8-18/h2-4,7-8,11-13H,5-6,9-10H2,1H3,(H,24,26). The fourth-order valence-electron chi connectivity index (χ4n) is 3.27. The van der Waals surface area contributed by atoms with E-state index in [-0.39, 0.29) is 11.5 Å². The van der Waals surface area contributed by atoms with Crippen molar-refractivity contribution in [2.24, 2.45) is 0 Å². The van der Waals surface area contributed by atoms with E-state index in [2.05, 4.69) is 5.32 Å². The fraction of sp³-hybridized carbons (Fsp3) is 0.227. The molecule has 1 aliphatic rings. The first kappa shape index (κ1) is 18.4. The minimum atomic E-state index is -0.447. The molecular weight excluding hydrogens is 340 g/mol. The van der Waals surface area contributed by atoms with Crippen LogP contribution in [0.3, 0.4) is 0 Å². The number of nitriles is 1. The molecule has 3 rings (SSSR count). The van der Waals surface area contributed by atoms with Crippen molar-refractivity contribution in [1.82, 2.24) is 0 Å². The Labute approximate surface area is 158 Å². The number of esters is 1. The number of hydrogen-bond acceptors (Lipinski definition) is 4. The van der Waals surface area contributed by atoms with Gasteiger partial charge in [-0.3, -0.25) is 9.59 Å². The topological polar surface area (TPSA) is 79.2 Å². The molecule has 5 heteroatoms. The maximum atomic E-state index is 12.5. The van der Waals surface area contributed by atoms with Crippen LogP contribution in [0.4, 0.5) is 5.69 Å². The molecule has 0 unspecified atom stereocenters. The highest BCUT2D eigenvalue weighted by Crippen LogP contribution is 2.33. The van der Waals surface area contributed by atoms with Crippen LogP contribution in [0.15, 0.2) is 48.0 Å². The molecule has 27 heavy (non-hydrogen) atoms. The van der Waals surface area contributed by atoms with Gasteiger partial charge in [0.1, 0.15) is 17.4 Å².